The normalized spacial score (nSPS) is 14.3. The van der Waals surface area contributed by atoms with E-state index in [-0.39, 0.29) is 0 Å². The molecule has 2 heterocycles. The lowest BCUT2D eigenvalue weighted by atomic mass is 10.1. The van der Waals surface area contributed by atoms with E-state index in [1.165, 1.54) is 11.3 Å². The summed E-state index contributed by atoms with van der Waals surface area (Å²) in [4.78, 5) is 0. The SMILES string of the molecule is CC.CCn1nc(C)c2c1CCOC2. The van der Waals surface area contributed by atoms with Crippen LogP contribution >= 0.6 is 0 Å². The van der Waals surface area contributed by atoms with Crippen LogP contribution in [0.4, 0.5) is 0 Å². The molecule has 3 heteroatoms. The molecule has 1 aromatic rings. The van der Waals surface area contributed by atoms with Crippen LogP contribution < -0.4 is 0 Å². The van der Waals surface area contributed by atoms with Crippen molar-refractivity contribution < 1.29 is 4.74 Å². The molecule has 80 valence electrons. The van der Waals surface area contributed by atoms with Gasteiger partial charge in [0.15, 0.2) is 0 Å². The van der Waals surface area contributed by atoms with Crippen LogP contribution in [0.1, 0.15) is 37.7 Å². The summed E-state index contributed by atoms with van der Waals surface area (Å²) >= 11 is 0. The topological polar surface area (TPSA) is 27.1 Å². The average Bonchev–Trinajstić information content (AvgIpc) is 2.59. The van der Waals surface area contributed by atoms with E-state index in [1.54, 1.807) is 0 Å². The lowest BCUT2D eigenvalue weighted by Crippen LogP contribution is -2.13. The van der Waals surface area contributed by atoms with Crippen LogP contribution in [0.2, 0.25) is 0 Å². The number of fused-ring (bicyclic) bond motifs is 1. The quantitative estimate of drug-likeness (QED) is 0.689. The van der Waals surface area contributed by atoms with E-state index >= 15 is 0 Å². The van der Waals surface area contributed by atoms with Crippen LogP contribution in [0.15, 0.2) is 0 Å². The van der Waals surface area contributed by atoms with Gasteiger partial charge >= 0.3 is 0 Å². The van der Waals surface area contributed by atoms with Gasteiger partial charge in [-0.3, -0.25) is 4.68 Å². The Morgan fingerprint density at radius 3 is 2.79 bits per heavy atom. The van der Waals surface area contributed by atoms with Gasteiger partial charge in [0, 0.05) is 24.2 Å². The molecule has 1 aromatic heterocycles. The monoisotopic (exact) mass is 196 g/mol. The maximum absolute atomic E-state index is 5.38. The number of hydrogen-bond donors (Lipinski definition) is 0. The lowest BCUT2D eigenvalue weighted by Gasteiger charge is -2.13. The van der Waals surface area contributed by atoms with E-state index in [2.05, 4.69) is 23.6 Å². The van der Waals surface area contributed by atoms with Gasteiger partial charge in [0.05, 0.1) is 18.9 Å². The van der Waals surface area contributed by atoms with Crippen LogP contribution in [0.5, 0.6) is 0 Å². The van der Waals surface area contributed by atoms with E-state index < -0.39 is 0 Å². The van der Waals surface area contributed by atoms with Gasteiger partial charge in [-0.1, -0.05) is 13.8 Å². The number of rotatable bonds is 1. The van der Waals surface area contributed by atoms with Gasteiger partial charge in [0.1, 0.15) is 0 Å². The van der Waals surface area contributed by atoms with E-state index in [1.807, 2.05) is 13.8 Å². The molecular weight excluding hydrogens is 176 g/mol. The molecule has 0 aromatic carbocycles. The first-order chi connectivity index (χ1) is 6.83. The molecule has 0 aliphatic carbocycles. The molecule has 1 aliphatic heterocycles. The van der Waals surface area contributed by atoms with Gasteiger partial charge in [-0.15, -0.1) is 0 Å². The fraction of sp³-hybridized carbons (Fsp3) is 0.727. The van der Waals surface area contributed by atoms with Gasteiger partial charge < -0.3 is 4.74 Å². The molecule has 0 unspecified atom stereocenters. The fourth-order valence-corrected chi connectivity index (χ4v) is 1.74. The Morgan fingerprint density at radius 1 is 1.43 bits per heavy atom. The summed E-state index contributed by atoms with van der Waals surface area (Å²) in [6, 6.07) is 0. The minimum Gasteiger partial charge on any atom is -0.376 e. The second-order valence-electron chi connectivity index (χ2n) is 3.13. The van der Waals surface area contributed by atoms with Crippen molar-refractivity contribution in [1.29, 1.82) is 0 Å². The predicted octanol–water partition coefficient (Wildman–Crippen LogP) is 2.31. The molecule has 2 rings (SSSR count). The molecular formula is C11H20N2O. The number of aromatic nitrogens is 2. The van der Waals surface area contributed by atoms with Crippen molar-refractivity contribution in [3.63, 3.8) is 0 Å². The summed E-state index contributed by atoms with van der Waals surface area (Å²) in [5.41, 5.74) is 3.82. The highest BCUT2D eigenvalue weighted by molar-refractivity contribution is 5.26. The molecule has 0 spiro atoms. The van der Waals surface area contributed by atoms with E-state index in [9.17, 15) is 0 Å². The average molecular weight is 196 g/mol. The highest BCUT2D eigenvalue weighted by Gasteiger charge is 2.17. The smallest absolute Gasteiger partial charge is 0.0753 e. The molecule has 0 fully saturated rings. The van der Waals surface area contributed by atoms with Gasteiger partial charge in [0.2, 0.25) is 0 Å². The Balaban J connectivity index is 0.000000461. The maximum atomic E-state index is 5.38. The van der Waals surface area contributed by atoms with Crippen LogP contribution in [0, 0.1) is 6.92 Å². The molecule has 3 nitrogen and oxygen atoms in total. The third-order valence-electron chi connectivity index (χ3n) is 2.40. The van der Waals surface area contributed by atoms with Crippen LogP contribution in [0.3, 0.4) is 0 Å². The zero-order valence-corrected chi connectivity index (χ0v) is 9.63. The van der Waals surface area contributed by atoms with Crippen molar-refractivity contribution in [3.05, 3.63) is 17.0 Å². The van der Waals surface area contributed by atoms with Crippen molar-refractivity contribution in [2.24, 2.45) is 0 Å². The standard InChI is InChI=1S/C9H14N2O.C2H6/c1-3-11-9-4-5-12-6-8(9)7(2)10-11;1-2/h3-6H2,1-2H3;1-2H3. The third-order valence-corrected chi connectivity index (χ3v) is 2.40. The van der Waals surface area contributed by atoms with Gasteiger partial charge in [-0.25, -0.2) is 0 Å². The van der Waals surface area contributed by atoms with Crippen LogP contribution in [0.25, 0.3) is 0 Å². The maximum Gasteiger partial charge on any atom is 0.0753 e. The summed E-state index contributed by atoms with van der Waals surface area (Å²) in [6.07, 6.45) is 1.02. The molecule has 0 radical (unpaired) electrons. The molecule has 0 amide bonds. The second kappa shape index (κ2) is 5.15. The van der Waals surface area contributed by atoms with Gasteiger partial charge in [-0.2, -0.15) is 5.10 Å². The molecule has 14 heavy (non-hydrogen) atoms. The third kappa shape index (κ3) is 1.98. The molecule has 0 bridgehead atoms. The molecule has 0 atom stereocenters. The summed E-state index contributed by atoms with van der Waals surface area (Å²) in [6.45, 7) is 10.7. The summed E-state index contributed by atoms with van der Waals surface area (Å²) in [7, 11) is 0. The Kier molecular flexibility index (Phi) is 4.14. The number of ether oxygens (including phenoxy) is 1. The zero-order valence-electron chi connectivity index (χ0n) is 9.63. The Morgan fingerprint density at radius 2 is 2.14 bits per heavy atom. The van der Waals surface area contributed by atoms with Crippen molar-refractivity contribution in [3.8, 4) is 0 Å². The minimum atomic E-state index is 0.751. The van der Waals surface area contributed by atoms with Crippen LogP contribution in [-0.2, 0) is 24.3 Å². The molecule has 0 N–H and O–H groups in total. The Bertz CT molecular complexity index is 292. The van der Waals surface area contributed by atoms with Gasteiger partial charge in [0.25, 0.3) is 0 Å². The van der Waals surface area contributed by atoms with Crippen molar-refractivity contribution in [2.45, 2.75) is 47.3 Å². The van der Waals surface area contributed by atoms with Crippen LogP contribution in [-0.4, -0.2) is 16.4 Å². The van der Waals surface area contributed by atoms with E-state index in [0.29, 0.717) is 0 Å². The number of aryl methyl sites for hydroxylation is 2. The van der Waals surface area contributed by atoms with Crippen molar-refractivity contribution in [2.75, 3.05) is 6.61 Å². The number of nitrogens with zero attached hydrogens (tertiary/aromatic N) is 2. The van der Waals surface area contributed by atoms with Crippen molar-refractivity contribution >= 4 is 0 Å². The highest BCUT2D eigenvalue weighted by atomic mass is 16.5. The predicted molar refractivity (Wildman–Crippen MR) is 57.3 cm³/mol. The van der Waals surface area contributed by atoms with E-state index in [4.69, 9.17) is 4.74 Å². The highest BCUT2D eigenvalue weighted by Crippen LogP contribution is 2.19. The molecule has 0 saturated heterocycles. The first kappa shape index (κ1) is 11.2. The Labute approximate surface area is 86.1 Å². The minimum absolute atomic E-state index is 0.751. The fourth-order valence-electron chi connectivity index (χ4n) is 1.74. The first-order valence-corrected chi connectivity index (χ1v) is 5.46. The number of hydrogen-bond acceptors (Lipinski definition) is 2. The van der Waals surface area contributed by atoms with Gasteiger partial charge in [-0.05, 0) is 13.8 Å². The Hall–Kier alpha value is -0.830. The first-order valence-electron chi connectivity index (χ1n) is 5.46. The van der Waals surface area contributed by atoms with Crippen molar-refractivity contribution in [1.82, 2.24) is 9.78 Å². The molecule has 1 aliphatic rings. The summed E-state index contributed by atoms with van der Waals surface area (Å²) < 4.78 is 7.47. The largest absolute Gasteiger partial charge is 0.376 e. The molecule has 0 saturated carbocycles. The second-order valence-corrected chi connectivity index (χ2v) is 3.13. The van der Waals surface area contributed by atoms with E-state index in [0.717, 1.165) is 31.9 Å². The zero-order chi connectivity index (χ0) is 10.6. The summed E-state index contributed by atoms with van der Waals surface area (Å²) in [5, 5.41) is 4.45. The lowest BCUT2D eigenvalue weighted by molar-refractivity contribution is 0.108. The summed E-state index contributed by atoms with van der Waals surface area (Å²) in [5.74, 6) is 0.